The Bertz CT molecular complexity index is 297. The fraction of sp³-hybridized carbons (Fsp3) is 0.933. The van der Waals surface area contributed by atoms with Gasteiger partial charge in [-0.1, -0.05) is 19.8 Å². The van der Waals surface area contributed by atoms with E-state index in [1.807, 2.05) is 7.05 Å². The highest BCUT2D eigenvalue weighted by Gasteiger charge is 2.45. The van der Waals surface area contributed by atoms with Gasteiger partial charge < -0.3 is 10.2 Å². The lowest BCUT2D eigenvalue weighted by Crippen LogP contribution is -2.54. The molecule has 18 heavy (non-hydrogen) atoms. The predicted octanol–water partition coefficient (Wildman–Crippen LogP) is 2.39. The molecule has 1 N–H and O–H groups in total. The number of likely N-dealkylation sites (N-methyl/N-ethyl adjacent to an activating group) is 1. The van der Waals surface area contributed by atoms with Crippen molar-refractivity contribution < 1.29 is 0 Å². The van der Waals surface area contributed by atoms with Crippen LogP contribution in [-0.2, 0) is 0 Å². The number of nitriles is 1. The van der Waals surface area contributed by atoms with Gasteiger partial charge in [0.05, 0.1) is 6.07 Å². The second kappa shape index (κ2) is 6.04. The standard InChI is InChI=1S/C15H27N3/c1-3-4-13-7-9-18(10-8-13)12-15(11-16,17-2)14-5-6-14/h13-14,17H,3-10,12H2,1-2H3. The SMILES string of the molecule is CCCC1CCN(CC(C#N)(NC)C2CC2)CC1. The summed E-state index contributed by atoms with van der Waals surface area (Å²) in [6.45, 7) is 5.57. The van der Waals surface area contributed by atoms with E-state index in [9.17, 15) is 5.26 Å². The Labute approximate surface area is 112 Å². The number of nitrogens with one attached hydrogen (secondary N) is 1. The Kier molecular flexibility index (Phi) is 4.64. The smallest absolute Gasteiger partial charge is 0.122 e. The summed E-state index contributed by atoms with van der Waals surface area (Å²) in [6.07, 6.45) is 7.78. The monoisotopic (exact) mass is 249 g/mol. The van der Waals surface area contributed by atoms with Gasteiger partial charge >= 0.3 is 0 Å². The first-order valence-corrected chi connectivity index (χ1v) is 7.56. The van der Waals surface area contributed by atoms with Crippen molar-refractivity contribution in [3.63, 3.8) is 0 Å². The number of hydrogen-bond donors (Lipinski definition) is 1. The quantitative estimate of drug-likeness (QED) is 0.785. The van der Waals surface area contributed by atoms with Gasteiger partial charge in [0.2, 0.25) is 0 Å². The van der Waals surface area contributed by atoms with Crippen LogP contribution in [0.15, 0.2) is 0 Å². The van der Waals surface area contributed by atoms with Crippen LogP contribution in [0.3, 0.4) is 0 Å². The molecular formula is C15H27N3. The molecule has 0 spiro atoms. The molecule has 0 aromatic carbocycles. The van der Waals surface area contributed by atoms with Gasteiger partial charge in [-0.15, -0.1) is 0 Å². The van der Waals surface area contributed by atoms with Crippen molar-refractivity contribution in [1.29, 1.82) is 5.26 Å². The summed E-state index contributed by atoms with van der Waals surface area (Å²) in [7, 11) is 1.95. The van der Waals surface area contributed by atoms with Crippen LogP contribution in [0.2, 0.25) is 0 Å². The fourth-order valence-corrected chi connectivity index (χ4v) is 3.37. The van der Waals surface area contributed by atoms with Crippen LogP contribution in [0, 0.1) is 23.2 Å². The Balaban J connectivity index is 1.84. The van der Waals surface area contributed by atoms with E-state index in [1.165, 1.54) is 51.6 Å². The van der Waals surface area contributed by atoms with Gasteiger partial charge in [0, 0.05) is 6.54 Å². The van der Waals surface area contributed by atoms with E-state index in [1.54, 1.807) is 0 Å². The van der Waals surface area contributed by atoms with Crippen molar-refractivity contribution in [3.05, 3.63) is 0 Å². The third kappa shape index (κ3) is 3.05. The van der Waals surface area contributed by atoms with E-state index >= 15 is 0 Å². The van der Waals surface area contributed by atoms with Gasteiger partial charge in [-0.05, 0) is 57.7 Å². The molecule has 0 amide bonds. The highest BCUT2D eigenvalue weighted by atomic mass is 15.2. The van der Waals surface area contributed by atoms with Crippen molar-refractivity contribution in [2.24, 2.45) is 11.8 Å². The minimum atomic E-state index is -0.280. The molecule has 1 heterocycles. The molecule has 2 rings (SSSR count). The van der Waals surface area contributed by atoms with Crippen LogP contribution in [0.25, 0.3) is 0 Å². The second-order valence-corrected chi connectivity index (χ2v) is 6.12. The van der Waals surface area contributed by atoms with Crippen molar-refractivity contribution in [1.82, 2.24) is 10.2 Å². The minimum Gasteiger partial charge on any atom is -0.301 e. The van der Waals surface area contributed by atoms with E-state index < -0.39 is 0 Å². The van der Waals surface area contributed by atoms with Crippen LogP contribution >= 0.6 is 0 Å². The highest BCUT2D eigenvalue weighted by Crippen LogP contribution is 2.40. The van der Waals surface area contributed by atoms with E-state index in [-0.39, 0.29) is 5.54 Å². The molecule has 0 aromatic heterocycles. The molecule has 1 aliphatic heterocycles. The average Bonchev–Trinajstić information content (AvgIpc) is 3.23. The molecule has 102 valence electrons. The van der Waals surface area contributed by atoms with Crippen LogP contribution in [-0.4, -0.2) is 37.1 Å². The normalized spacial score (nSPS) is 25.6. The maximum absolute atomic E-state index is 9.51. The van der Waals surface area contributed by atoms with Gasteiger partial charge in [-0.2, -0.15) is 5.26 Å². The minimum absolute atomic E-state index is 0.280. The topological polar surface area (TPSA) is 39.1 Å². The van der Waals surface area contributed by atoms with Gasteiger partial charge in [-0.3, -0.25) is 0 Å². The first-order valence-electron chi connectivity index (χ1n) is 7.56. The van der Waals surface area contributed by atoms with Crippen molar-refractivity contribution >= 4 is 0 Å². The van der Waals surface area contributed by atoms with Gasteiger partial charge in [-0.25, -0.2) is 0 Å². The summed E-state index contributed by atoms with van der Waals surface area (Å²) in [6, 6.07) is 2.56. The first-order chi connectivity index (χ1) is 8.74. The molecular weight excluding hydrogens is 222 g/mol. The van der Waals surface area contributed by atoms with Crippen LogP contribution < -0.4 is 5.32 Å². The number of likely N-dealkylation sites (tertiary alicyclic amines) is 1. The zero-order chi connectivity index (χ0) is 13.0. The Morgan fingerprint density at radius 2 is 1.94 bits per heavy atom. The number of nitrogens with zero attached hydrogens (tertiary/aromatic N) is 2. The lowest BCUT2D eigenvalue weighted by atomic mass is 9.89. The predicted molar refractivity (Wildman–Crippen MR) is 74.2 cm³/mol. The van der Waals surface area contributed by atoms with Gasteiger partial charge in [0.25, 0.3) is 0 Å². The van der Waals surface area contributed by atoms with E-state index in [0.717, 1.165) is 12.5 Å². The lowest BCUT2D eigenvalue weighted by molar-refractivity contribution is 0.142. The summed E-state index contributed by atoms with van der Waals surface area (Å²) in [5, 5.41) is 12.8. The van der Waals surface area contributed by atoms with E-state index in [4.69, 9.17) is 0 Å². The van der Waals surface area contributed by atoms with Crippen molar-refractivity contribution in [2.45, 2.75) is 51.0 Å². The molecule has 1 saturated carbocycles. The molecule has 1 saturated heterocycles. The zero-order valence-corrected chi connectivity index (χ0v) is 11.9. The fourth-order valence-electron chi connectivity index (χ4n) is 3.37. The summed E-state index contributed by atoms with van der Waals surface area (Å²) in [5.41, 5.74) is -0.280. The molecule has 2 aliphatic rings. The summed E-state index contributed by atoms with van der Waals surface area (Å²) >= 11 is 0. The summed E-state index contributed by atoms with van der Waals surface area (Å²) < 4.78 is 0. The van der Waals surface area contributed by atoms with Crippen LogP contribution in [0.4, 0.5) is 0 Å². The lowest BCUT2D eigenvalue weighted by Gasteiger charge is -2.37. The summed E-state index contributed by atoms with van der Waals surface area (Å²) in [4.78, 5) is 2.50. The van der Waals surface area contributed by atoms with E-state index in [0.29, 0.717) is 5.92 Å². The third-order valence-electron chi connectivity index (χ3n) is 4.80. The molecule has 1 aliphatic carbocycles. The maximum atomic E-state index is 9.51. The second-order valence-electron chi connectivity index (χ2n) is 6.12. The Morgan fingerprint density at radius 1 is 1.28 bits per heavy atom. The molecule has 0 aromatic rings. The Hall–Kier alpha value is -0.590. The molecule has 1 atom stereocenters. The van der Waals surface area contributed by atoms with Crippen LogP contribution in [0.5, 0.6) is 0 Å². The third-order valence-corrected chi connectivity index (χ3v) is 4.80. The molecule has 0 bridgehead atoms. The zero-order valence-electron chi connectivity index (χ0n) is 11.9. The molecule has 3 nitrogen and oxygen atoms in total. The molecule has 0 radical (unpaired) electrons. The largest absolute Gasteiger partial charge is 0.301 e. The maximum Gasteiger partial charge on any atom is 0.122 e. The molecule has 1 unspecified atom stereocenters. The number of rotatable bonds is 6. The van der Waals surface area contributed by atoms with Crippen molar-refractivity contribution in [2.75, 3.05) is 26.7 Å². The van der Waals surface area contributed by atoms with Crippen LogP contribution in [0.1, 0.15) is 45.4 Å². The van der Waals surface area contributed by atoms with E-state index in [2.05, 4.69) is 23.2 Å². The highest BCUT2D eigenvalue weighted by molar-refractivity contribution is 5.16. The average molecular weight is 249 g/mol. The van der Waals surface area contributed by atoms with Crippen molar-refractivity contribution in [3.8, 4) is 6.07 Å². The molecule has 3 heteroatoms. The van der Waals surface area contributed by atoms with Gasteiger partial charge in [0.15, 0.2) is 0 Å². The molecule has 2 fully saturated rings. The van der Waals surface area contributed by atoms with Gasteiger partial charge in [0.1, 0.15) is 5.54 Å². The first kappa shape index (κ1) is 13.8. The number of hydrogen-bond acceptors (Lipinski definition) is 3. The summed E-state index contributed by atoms with van der Waals surface area (Å²) in [5.74, 6) is 1.51. The number of piperidine rings is 1. The Morgan fingerprint density at radius 3 is 2.39 bits per heavy atom.